The lowest BCUT2D eigenvalue weighted by Crippen LogP contribution is -2.30. The summed E-state index contributed by atoms with van der Waals surface area (Å²) in [5.74, 6) is 6.51. The fourth-order valence-corrected chi connectivity index (χ4v) is 3.22. The Labute approximate surface area is 135 Å². The molecule has 0 radical (unpaired) electrons. The third-order valence-electron chi connectivity index (χ3n) is 2.94. The third-order valence-corrected chi connectivity index (χ3v) is 4.01. The molecule has 4 nitrogen and oxygen atoms in total. The molecule has 1 atom stereocenters. The van der Waals surface area contributed by atoms with Gasteiger partial charge in [0, 0.05) is 15.1 Å². The van der Waals surface area contributed by atoms with Crippen molar-refractivity contribution in [1.29, 1.82) is 0 Å². The number of hydrogen-bond donors (Lipinski definition) is 2. The van der Waals surface area contributed by atoms with E-state index in [1.165, 1.54) is 0 Å². The van der Waals surface area contributed by atoms with Crippen LogP contribution in [0.2, 0.25) is 0 Å². The van der Waals surface area contributed by atoms with Crippen LogP contribution in [-0.4, -0.2) is 12.1 Å². The van der Waals surface area contributed by atoms with Crippen molar-refractivity contribution in [3.8, 4) is 5.75 Å². The summed E-state index contributed by atoms with van der Waals surface area (Å²) in [6, 6.07) is 9.80. The molecule has 3 N–H and O–H groups in total. The smallest absolute Gasteiger partial charge is 0.119 e. The molecule has 6 heteroatoms. The minimum Gasteiger partial charge on any atom is -0.497 e. The summed E-state index contributed by atoms with van der Waals surface area (Å²) >= 11 is 6.91. The predicted octanol–water partition coefficient (Wildman–Crippen LogP) is 3.36. The van der Waals surface area contributed by atoms with Gasteiger partial charge in [0.2, 0.25) is 0 Å². The molecule has 1 aromatic heterocycles. The molecule has 106 valence electrons. The molecular weight excluding hydrogens is 386 g/mol. The Morgan fingerprint density at radius 3 is 2.80 bits per heavy atom. The number of benzene rings is 1. The molecule has 0 saturated heterocycles. The first-order valence-corrected chi connectivity index (χ1v) is 7.62. The largest absolute Gasteiger partial charge is 0.497 e. The second-order valence-electron chi connectivity index (χ2n) is 4.30. The van der Waals surface area contributed by atoms with E-state index in [-0.39, 0.29) is 6.04 Å². The van der Waals surface area contributed by atoms with Crippen molar-refractivity contribution in [3.05, 3.63) is 56.7 Å². The quantitative estimate of drug-likeness (QED) is 0.596. The Hall–Kier alpha value is -0.950. The van der Waals surface area contributed by atoms with Gasteiger partial charge in [0.05, 0.1) is 18.8 Å². The van der Waals surface area contributed by atoms with E-state index in [4.69, 9.17) is 10.6 Å². The minimum absolute atomic E-state index is 0.0791. The summed E-state index contributed by atoms with van der Waals surface area (Å²) < 4.78 is 7.07. The molecule has 0 bridgehead atoms. The van der Waals surface area contributed by atoms with Gasteiger partial charge in [-0.05, 0) is 62.0 Å². The second kappa shape index (κ2) is 7.17. The van der Waals surface area contributed by atoms with Gasteiger partial charge in [0.25, 0.3) is 0 Å². The maximum atomic E-state index is 5.68. The van der Waals surface area contributed by atoms with Gasteiger partial charge in [-0.25, -0.2) is 0 Å². The van der Waals surface area contributed by atoms with Crippen LogP contribution in [0, 0.1) is 0 Å². The number of pyridine rings is 1. The van der Waals surface area contributed by atoms with Crippen molar-refractivity contribution < 1.29 is 4.74 Å². The van der Waals surface area contributed by atoms with Gasteiger partial charge in [0.15, 0.2) is 0 Å². The fourth-order valence-electron chi connectivity index (χ4n) is 1.95. The number of halogens is 2. The molecule has 0 fully saturated rings. The fraction of sp³-hybridized carbons (Fsp3) is 0.214. The number of hydrazine groups is 1. The van der Waals surface area contributed by atoms with Crippen LogP contribution in [0.3, 0.4) is 0 Å². The Bertz CT molecular complexity index is 592. The first-order valence-electron chi connectivity index (χ1n) is 6.04. The summed E-state index contributed by atoms with van der Waals surface area (Å²) in [7, 11) is 1.66. The first kappa shape index (κ1) is 15.4. The number of methoxy groups -OCH3 is 1. The maximum Gasteiger partial charge on any atom is 0.119 e. The average Bonchev–Trinajstić information content (AvgIpc) is 2.45. The summed E-state index contributed by atoms with van der Waals surface area (Å²) in [5, 5.41) is 0. The molecule has 1 unspecified atom stereocenters. The molecule has 2 aromatic rings. The minimum atomic E-state index is -0.0791. The lowest BCUT2D eigenvalue weighted by atomic mass is 10.0. The number of hydrogen-bond acceptors (Lipinski definition) is 4. The maximum absolute atomic E-state index is 5.68. The zero-order chi connectivity index (χ0) is 14.5. The molecule has 20 heavy (non-hydrogen) atoms. The van der Waals surface area contributed by atoms with Gasteiger partial charge in [-0.1, -0.05) is 12.1 Å². The molecule has 2 rings (SSSR count). The predicted molar refractivity (Wildman–Crippen MR) is 86.4 cm³/mol. The highest BCUT2D eigenvalue weighted by Crippen LogP contribution is 2.27. The van der Waals surface area contributed by atoms with E-state index >= 15 is 0 Å². The third kappa shape index (κ3) is 3.79. The summed E-state index contributed by atoms with van der Waals surface area (Å²) in [4.78, 5) is 4.42. The molecule has 1 aromatic carbocycles. The number of nitrogens with zero attached hydrogens (tertiary/aromatic N) is 1. The number of nitrogens with one attached hydrogen (secondary N) is 1. The Morgan fingerprint density at radius 2 is 2.15 bits per heavy atom. The number of nitrogens with two attached hydrogens (primary N) is 1. The van der Waals surface area contributed by atoms with E-state index < -0.39 is 0 Å². The van der Waals surface area contributed by atoms with Crippen molar-refractivity contribution in [2.45, 2.75) is 12.5 Å². The molecular formula is C14H15Br2N3O. The molecule has 0 aliphatic heterocycles. The van der Waals surface area contributed by atoms with Crippen LogP contribution < -0.4 is 16.0 Å². The van der Waals surface area contributed by atoms with E-state index in [0.717, 1.165) is 32.4 Å². The van der Waals surface area contributed by atoms with Gasteiger partial charge in [-0.15, -0.1) is 0 Å². The molecule has 0 amide bonds. The van der Waals surface area contributed by atoms with Crippen molar-refractivity contribution in [2.24, 2.45) is 5.84 Å². The van der Waals surface area contributed by atoms with E-state index in [1.54, 1.807) is 13.3 Å². The molecule has 0 aliphatic carbocycles. The molecule has 0 saturated carbocycles. The topological polar surface area (TPSA) is 60.2 Å². The number of aromatic nitrogens is 1. The normalized spacial score (nSPS) is 12.2. The van der Waals surface area contributed by atoms with Crippen LogP contribution in [0.4, 0.5) is 0 Å². The van der Waals surface area contributed by atoms with Gasteiger partial charge < -0.3 is 4.74 Å². The van der Waals surface area contributed by atoms with Gasteiger partial charge in [-0.2, -0.15) is 0 Å². The lowest BCUT2D eigenvalue weighted by Gasteiger charge is -2.17. The summed E-state index contributed by atoms with van der Waals surface area (Å²) in [6.07, 6.45) is 2.48. The van der Waals surface area contributed by atoms with Crippen molar-refractivity contribution in [3.63, 3.8) is 0 Å². The molecule has 1 heterocycles. The van der Waals surface area contributed by atoms with Crippen LogP contribution in [0.15, 0.2) is 45.5 Å². The second-order valence-corrected chi connectivity index (χ2v) is 6.07. The Kier molecular flexibility index (Phi) is 5.54. The number of ether oxygens (including phenoxy) is 1. The average molecular weight is 401 g/mol. The Balaban J connectivity index is 2.23. The van der Waals surface area contributed by atoms with Crippen LogP contribution >= 0.6 is 31.9 Å². The monoisotopic (exact) mass is 399 g/mol. The van der Waals surface area contributed by atoms with E-state index in [9.17, 15) is 0 Å². The van der Waals surface area contributed by atoms with Crippen molar-refractivity contribution >= 4 is 31.9 Å². The zero-order valence-electron chi connectivity index (χ0n) is 10.9. The first-order chi connectivity index (χ1) is 9.63. The van der Waals surface area contributed by atoms with Gasteiger partial charge in [0.1, 0.15) is 5.75 Å². The highest BCUT2D eigenvalue weighted by molar-refractivity contribution is 9.11. The standard InChI is InChI=1S/C14H15Br2N3O/c1-20-11-4-2-3-9(5-11)6-13(19-17)14-12(16)7-10(15)8-18-14/h2-5,7-8,13,19H,6,17H2,1H3. The van der Waals surface area contributed by atoms with Crippen molar-refractivity contribution in [2.75, 3.05) is 7.11 Å². The number of rotatable bonds is 5. The SMILES string of the molecule is COc1cccc(CC(NN)c2ncc(Br)cc2Br)c1. The molecule has 0 aliphatic rings. The van der Waals surface area contributed by atoms with Gasteiger partial charge >= 0.3 is 0 Å². The van der Waals surface area contributed by atoms with E-state index in [2.05, 4.69) is 42.3 Å². The van der Waals surface area contributed by atoms with E-state index in [1.807, 2.05) is 30.3 Å². The summed E-state index contributed by atoms with van der Waals surface area (Å²) in [6.45, 7) is 0. The van der Waals surface area contributed by atoms with Crippen molar-refractivity contribution in [1.82, 2.24) is 10.4 Å². The van der Waals surface area contributed by atoms with Crippen LogP contribution in [0.25, 0.3) is 0 Å². The highest BCUT2D eigenvalue weighted by atomic mass is 79.9. The van der Waals surface area contributed by atoms with Gasteiger partial charge in [-0.3, -0.25) is 16.3 Å². The zero-order valence-corrected chi connectivity index (χ0v) is 14.1. The summed E-state index contributed by atoms with van der Waals surface area (Å²) in [5.41, 5.74) is 4.82. The van der Waals surface area contributed by atoms with Crippen LogP contribution in [-0.2, 0) is 6.42 Å². The molecule has 0 spiro atoms. The highest BCUT2D eigenvalue weighted by Gasteiger charge is 2.16. The van der Waals surface area contributed by atoms with E-state index in [0.29, 0.717) is 0 Å². The lowest BCUT2D eigenvalue weighted by molar-refractivity contribution is 0.413. The Morgan fingerprint density at radius 1 is 1.35 bits per heavy atom. The van der Waals surface area contributed by atoms with Crippen LogP contribution in [0.1, 0.15) is 17.3 Å². The van der Waals surface area contributed by atoms with Crippen LogP contribution in [0.5, 0.6) is 5.75 Å².